The first-order valence-corrected chi connectivity index (χ1v) is 9.95. The summed E-state index contributed by atoms with van der Waals surface area (Å²) in [5.41, 5.74) is 2.02. The van der Waals surface area contributed by atoms with Crippen LogP contribution in [0.4, 0.5) is 4.39 Å². The summed E-state index contributed by atoms with van der Waals surface area (Å²) in [5.74, 6) is -0.558. The van der Waals surface area contributed by atoms with Crippen LogP contribution in [0.5, 0.6) is 5.75 Å². The van der Waals surface area contributed by atoms with Gasteiger partial charge in [0.15, 0.2) is 6.61 Å². The Morgan fingerprint density at radius 1 is 1.21 bits per heavy atom. The largest absolute Gasteiger partial charge is 0.484 e. The predicted octanol–water partition coefficient (Wildman–Crippen LogP) is 3.90. The van der Waals surface area contributed by atoms with Gasteiger partial charge in [-0.25, -0.2) is 4.39 Å². The molecule has 29 heavy (non-hydrogen) atoms. The molecular formula is C22H24ClFN2O3. The van der Waals surface area contributed by atoms with Gasteiger partial charge in [-0.05, 0) is 50.5 Å². The molecule has 0 spiro atoms. The van der Waals surface area contributed by atoms with E-state index < -0.39 is 11.7 Å². The molecule has 0 saturated carbocycles. The van der Waals surface area contributed by atoms with Crippen molar-refractivity contribution in [2.24, 2.45) is 0 Å². The highest BCUT2D eigenvalue weighted by Gasteiger charge is 2.27. The number of nitrogens with zero attached hydrogens (tertiary/aromatic N) is 1. The monoisotopic (exact) mass is 418 g/mol. The van der Waals surface area contributed by atoms with Crippen LogP contribution in [-0.2, 0) is 4.79 Å². The summed E-state index contributed by atoms with van der Waals surface area (Å²) < 4.78 is 19.6. The maximum atomic E-state index is 14.0. The van der Waals surface area contributed by atoms with Crippen LogP contribution in [0.2, 0.25) is 5.02 Å². The second-order valence-electron chi connectivity index (χ2n) is 7.29. The summed E-state index contributed by atoms with van der Waals surface area (Å²) in [4.78, 5) is 26.4. The molecule has 154 valence electrons. The van der Waals surface area contributed by atoms with Crippen LogP contribution in [0.1, 0.15) is 34.3 Å². The lowest BCUT2D eigenvalue weighted by molar-refractivity contribution is -0.124. The molecule has 2 aromatic rings. The summed E-state index contributed by atoms with van der Waals surface area (Å²) in [7, 11) is 0. The fourth-order valence-electron chi connectivity index (χ4n) is 3.46. The van der Waals surface area contributed by atoms with Gasteiger partial charge in [-0.15, -0.1) is 0 Å². The Bertz CT molecular complexity index is 891. The molecule has 0 atom stereocenters. The van der Waals surface area contributed by atoms with Crippen molar-refractivity contribution >= 4 is 23.4 Å². The molecule has 2 amide bonds. The number of carbonyl (C=O) groups excluding carboxylic acids is 2. The Kier molecular flexibility index (Phi) is 6.75. The quantitative estimate of drug-likeness (QED) is 0.801. The number of rotatable bonds is 5. The lowest BCUT2D eigenvalue weighted by atomic mass is 10.0. The first-order valence-electron chi connectivity index (χ1n) is 9.58. The molecule has 0 radical (unpaired) electrons. The van der Waals surface area contributed by atoms with E-state index in [0.717, 1.165) is 11.1 Å². The number of hydrogen-bond donors (Lipinski definition) is 1. The van der Waals surface area contributed by atoms with E-state index in [1.54, 1.807) is 4.90 Å². The Balaban J connectivity index is 1.48. The minimum Gasteiger partial charge on any atom is -0.484 e. The highest BCUT2D eigenvalue weighted by molar-refractivity contribution is 6.33. The zero-order valence-electron chi connectivity index (χ0n) is 16.5. The summed E-state index contributed by atoms with van der Waals surface area (Å²) in [6.07, 6.45) is 1.18. The number of halogens is 2. The van der Waals surface area contributed by atoms with Crippen LogP contribution in [0.3, 0.4) is 0 Å². The molecule has 0 unspecified atom stereocenters. The Morgan fingerprint density at radius 3 is 2.59 bits per heavy atom. The molecule has 5 nitrogen and oxygen atoms in total. The molecule has 1 fully saturated rings. The van der Waals surface area contributed by atoms with Gasteiger partial charge in [-0.3, -0.25) is 9.59 Å². The fourth-order valence-corrected chi connectivity index (χ4v) is 3.70. The topological polar surface area (TPSA) is 58.6 Å². The second-order valence-corrected chi connectivity index (χ2v) is 7.70. The average molecular weight is 419 g/mol. The summed E-state index contributed by atoms with van der Waals surface area (Å²) in [6.45, 7) is 4.72. The third kappa shape index (κ3) is 5.26. The van der Waals surface area contributed by atoms with E-state index in [4.69, 9.17) is 16.3 Å². The van der Waals surface area contributed by atoms with Crippen molar-refractivity contribution in [1.29, 1.82) is 0 Å². The van der Waals surface area contributed by atoms with E-state index in [9.17, 15) is 14.0 Å². The highest BCUT2D eigenvalue weighted by Crippen LogP contribution is 2.23. The van der Waals surface area contributed by atoms with Gasteiger partial charge in [0.25, 0.3) is 11.8 Å². The van der Waals surface area contributed by atoms with E-state index >= 15 is 0 Å². The van der Waals surface area contributed by atoms with Gasteiger partial charge in [-0.2, -0.15) is 0 Å². The lowest BCUT2D eigenvalue weighted by Crippen LogP contribution is -2.47. The normalized spacial score (nSPS) is 14.6. The summed E-state index contributed by atoms with van der Waals surface area (Å²) in [6, 6.07) is 9.94. The summed E-state index contributed by atoms with van der Waals surface area (Å²) >= 11 is 5.99. The minimum atomic E-state index is -0.624. The van der Waals surface area contributed by atoms with Crippen molar-refractivity contribution in [3.63, 3.8) is 0 Å². The number of carbonyl (C=O) groups is 2. The standard InChI is InChI=1S/C22H24ClFN2O3/c1-14-6-7-19(15(2)12-14)29-13-20(27)25-16-8-10-26(11-9-16)22(28)21-17(23)4-3-5-18(21)24/h3-7,12,16H,8-11,13H2,1-2H3,(H,25,27). The van der Waals surface area contributed by atoms with Gasteiger partial charge >= 0.3 is 0 Å². The molecule has 1 N–H and O–H groups in total. The van der Waals surface area contributed by atoms with E-state index in [2.05, 4.69) is 5.32 Å². The predicted molar refractivity (Wildman–Crippen MR) is 110 cm³/mol. The van der Waals surface area contributed by atoms with Gasteiger partial charge in [0.05, 0.1) is 10.6 Å². The third-order valence-corrected chi connectivity index (χ3v) is 5.33. The molecular weight excluding hydrogens is 395 g/mol. The van der Waals surface area contributed by atoms with Gasteiger partial charge in [-0.1, -0.05) is 35.4 Å². The average Bonchev–Trinajstić information content (AvgIpc) is 2.67. The fraction of sp³-hybridized carbons (Fsp3) is 0.364. The van der Waals surface area contributed by atoms with Gasteiger partial charge in [0.1, 0.15) is 11.6 Å². The van der Waals surface area contributed by atoms with Crippen molar-refractivity contribution in [3.8, 4) is 5.75 Å². The molecule has 1 aliphatic rings. The molecule has 0 bridgehead atoms. The number of ether oxygens (including phenoxy) is 1. The lowest BCUT2D eigenvalue weighted by Gasteiger charge is -2.32. The number of aryl methyl sites for hydroxylation is 2. The molecule has 3 rings (SSSR count). The zero-order chi connectivity index (χ0) is 21.0. The maximum absolute atomic E-state index is 14.0. The van der Waals surface area contributed by atoms with E-state index in [1.807, 2.05) is 32.0 Å². The van der Waals surface area contributed by atoms with Crippen LogP contribution in [0.25, 0.3) is 0 Å². The third-order valence-electron chi connectivity index (χ3n) is 5.01. The zero-order valence-corrected chi connectivity index (χ0v) is 17.3. The smallest absolute Gasteiger partial charge is 0.258 e. The number of likely N-dealkylation sites (tertiary alicyclic amines) is 1. The SMILES string of the molecule is Cc1ccc(OCC(=O)NC2CCN(C(=O)c3c(F)cccc3Cl)CC2)c(C)c1. The van der Waals surface area contributed by atoms with Crippen LogP contribution >= 0.6 is 11.6 Å². The van der Waals surface area contributed by atoms with Gasteiger partial charge in [0.2, 0.25) is 0 Å². The molecule has 0 aromatic heterocycles. The second kappa shape index (κ2) is 9.27. The first-order chi connectivity index (χ1) is 13.8. The number of amides is 2. The van der Waals surface area contributed by atoms with Crippen molar-refractivity contribution in [3.05, 3.63) is 63.9 Å². The number of nitrogens with one attached hydrogen (secondary N) is 1. The van der Waals surface area contributed by atoms with Crippen LogP contribution in [-0.4, -0.2) is 42.5 Å². The van der Waals surface area contributed by atoms with Gasteiger partial charge in [0, 0.05) is 19.1 Å². The maximum Gasteiger partial charge on any atom is 0.258 e. The molecule has 2 aromatic carbocycles. The molecule has 1 aliphatic heterocycles. The molecule has 0 aliphatic carbocycles. The van der Waals surface area contributed by atoms with E-state index in [-0.39, 0.29) is 29.1 Å². The van der Waals surface area contributed by atoms with Crippen molar-refractivity contribution in [2.45, 2.75) is 32.7 Å². The van der Waals surface area contributed by atoms with Crippen LogP contribution < -0.4 is 10.1 Å². The Labute approximate surface area is 174 Å². The molecule has 1 saturated heterocycles. The highest BCUT2D eigenvalue weighted by atomic mass is 35.5. The van der Waals surface area contributed by atoms with Crippen molar-refractivity contribution in [1.82, 2.24) is 10.2 Å². The molecule has 1 heterocycles. The van der Waals surface area contributed by atoms with Gasteiger partial charge < -0.3 is 15.0 Å². The Morgan fingerprint density at radius 2 is 1.93 bits per heavy atom. The number of piperidine rings is 1. The Hall–Kier alpha value is -2.60. The molecule has 7 heteroatoms. The van der Waals surface area contributed by atoms with Crippen LogP contribution in [0.15, 0.2) is 36.4 Å². The van der Waals surface area contributed by atoms with E-state index in [1.165, 1.54) is 18.2 Å². The first kappa shape index (κ1) is 21.1. The summed E-state index contributed by atoms with van der Waals surface area (Å²) in [5, 5.41) is 3.05. The van der Waals surface area contributed by atoms with Crippen LogP contribution in [0, 0.1) is 19.7 Å². The van der Waals surface area contributed by atoms with E-state index in [0.29, 0.717) is 31.7 Å². The minimum absolute atomic E-state index is 0.0506. The van der Waals surface area contributed by atoms with Crippen molar-refractivity contribution in [2.75, 3.05) is 19.7 Å². The number of benzene rings is 2. The number of hydrogen-bond acceptors (Lipinski definition) is 3. The van der Waals surface area contributed by atoms with Crippen molar-refractivity contribution < 1.29 is 18.7 Å².